The number of ketones is 1. The van der Waals surface area contributed by atoms with E-state index in [1.807, 2.05) is 0 Å². The van der Waals surface area contributed by atoms with Crippen molar-refractivity contribution in [2.45, 2.75) is 37.9 Å². The van der Waals surface area contributed by atoms with Crippen molar-refractivity contribution in [2.24, 2.45) is 0 Å². The van der Waals surface area contributed by atoms with E-state index in [2.05, 4.69) is 5.32 Å². The van der Waals surface area contributed by atoms with Gasteiger partial charge < -0.3 is 5.32 Å². The zero-order valence-corrected chi connectivity index (χ0v) is 12.0. The molecule has 7 heteroatoms. The molecule has 2 rings (SSSR count). The highest BCUT2D eigenvalue weighted by atomic mass is 35.5. The van der Waals surface area contributed by atoms with Crippen LogP contribution in [0.2, 0.25) is 0 Å². The molecule has 1 aromatic rings. The standard InChI is InChI=1S/C14H15F4NO.ClH/c15-11-5-4-9(7-10(11)14(16,17)18)8-13(20)12-3-1-2-6-19-12;/h4-5,7,12,19H,1-3,6,8H2;1H/t12-;/m0./s1. The molecule has 0 radical (unpaired) electrons. The summed E-state index contributed by atoms with van der Waals surface area (Å²) in [4.78, 5) is 12.0. The van der Waals surface area contributed by atoms with Crippen molar-refractivity contribution in [3.8, 4) is 0 Å². The number of benzene rings is 1. The SMILES string of the molecule is Cl.O=C(Cc1ccc(F)c(C(F)(F)F)c1)[C@@H]1CCCCN1. The molecule has 1 fully saturated rings. The van der Waals surface area contributed by atoms with E-state index in [4.69, 9.17) is 0 Å². The zero-order valence-electron chi connectivity index (χ0n) is 11.2. The van der Waals surface area contributed by atoms with Crippen LogP contribution in [0.1, 0.15) is 30.4 Å². The van der Waals surface area contributed by atoms with Gasteiger partial charge in [0.05, 0.1) is 11.6 Å². The van der Waals surface area contributed by atoms with E-state index < -0.39 is 17.6 Å². The summed E-state index contributed by atoms with van der Waals surface area (Å²) in [5.74, 6) is -1.46. The Morgan fingerprint density at radius 2 is 2.00 bits per heavy atom. The van der Waals surface area contributed by atoms with Crippen molar-refractivity contribution in [2.75, 3.05) is 6.54 Å². The molecule has 1 N–H and O–H groups in total. The molecule has 1 heterocycles. The first-order valence-electron chi connectivity index (χ1n) is 6.49. The van der Waals surface area contributed by atoms with Crippen LogP contribution in [0.25, 0.3) is 0 Å². The molecular formula is C14H16ClF4NO. The maximum absolute atomic E-state index is 13.1. The Morgan fingerprint density at radius 3 is 2.57 bits per heavy atom. The summed E-state index contributed by atoms with van der Waals surface area (Å²) in [7, 11) is 0. The lowest BCUT2D eigenvalue weighted by Gasteiger charge is -2.22. The van der Waals surface area contributed by atoms with Crippen molar-refractivity contribution in [3.63, 3.8) is 0 Å². The minimum Gasteiger partial charge on any atom is -0.307 e. The summed E-state index contributed by atoms with van der Waals surface area (Å²) in [6.45, 7) is 0.744. The predicted octanol–water partition coefficient (Wildman–Crippen LogP) is 3.52. The number of halogens is 5. The fraction of sp³-hybridized carbons (Fsp3) is 0.500. The number of hydrogen-bond donors (Lipinski definition) is 1. The van der Waals surface area contributed by atoms with Gasteiger partial charge in [-0.2, -0.15) is 13.2 Å². The molecule has 0 spiro atoms. The minimum atomic E-state index is -4.74. The average Bonchev–Trinajstić information content (AvgIpc) is 2.40. The van der Waals surface area contributed by atoms with Gasteiger partial charge in [0.2, 0.25) is 0 Å². The van der Waals surface area contributed by atoms with Crippen molar-refractivity contribution in [1.29, 1.82) is 0 Å². The highest BCUT2D eigenvalue weighted by Crippen LogP contribution is 2.32. The predicted molar refractivity (Wildman–Crippen MR) is 73.0 cm³/mol. The van der Waals surface area contributed by atoms with E-state index in [0.717, 1.165) is 31.5 Å². The van der Waals surface area contributed by atoms with Gasteiger partial charge in [-0.3, -0.25) is 4.79 Å². The van der Waals surface area contributed by atoms with Crippen LogP contribution in [0.15, 0.2) is 18.2 Å². The van der Waals surface area contributed by atoms with E-state index >= 15 is 0 Å². The van der Waals surface area contributed by atoms with Crippen molar-refractivity contribution in [1.82, 2.24) is 5.32 Å². The second-order valence-electron chi connectivity index (χ2n) is 4.96. The highest BCUT2D eigenvalue weighted by Gasteiger charge is 2.34. The Morgan fingerprint density at radius 1 is 1.29 bits per heavy atom. The Labute approximate surface area is 126 Å². The van der Waals surface area contributed by atoms with Crippen LogP contribution in [-0.2, 0) is 17.4 Å². The van der Waals surface area contributed by atoms with E-state index in [-0.39, 0.29) is 36.2 Å². The molecule has 118 valence electrons. The third-order valence-electron chi connectivity index (χ3n) is 3.41. The summed E-state index contributed by atoms with van der Waals surface area (Å²) < 4.78 is 50.9. The van der Waals surface area contributed by atoms with Gasteiger partial charge in [-0.15, -0.1) is 12.4 Å². The number of nitrogens with one attached hydrogen (secondary N) is 1. The van der Waals surface area contributed by atoms with Crippen LogP contribution < -0.4 is 5.32 Å². The number of Topliss-reactive ketones (excluding diaryl/α,β-unsaturated/α-hetero) is 1. The van der Waals surface area contributed by atoms with Gasteiger partial charge in [0.15, 0.2) is 5.78 Å². The molecule has 0 amide bonds. The average molecular weight is 326 g/mol. The maximum atomic E-state index is 13.1. The summed E-state index contributed by atoms with van der Waals surface area (Å²) in [6.07, 6.45) is -2.22. The first-order chi connectivity index (χ1) is 9.38. The van der Waals surface area contributed by atoms with E-state index in [1.165, 1.54) is 6.07 Å². The fourth-order valence-corrected chi connectivity index (χ4v) is 2.35. The number of carbonyl (C=O) groups excluding carboxylic acids is 1. The minimum absolute atomic E-state index is 0. The normalized spacial score (nSPS) is 19.0. The van der Waals surface area contributed by atoms with Gasteiger partial charge in [0.1, 0.15) is 5.82 Å². The Balaban J connectivity index is 0.00000220. The van der Waals surface area contributed by atoms with Gasteiger partial charge in [-0.1, -0.05) is 12.5 Å². The molecule has 1 saturated heterocycles. The van der Waals surface area contributed by atoms with Crippen LogP contribution in [0.3, 0.4) is 0 Å². The lowest BCUT2D eigenvalue weighted by molar-refractivity contribution is -0.140. The highest BCUT2D eigenvalue weighted by molar-refractivity contribution is 5.86. The molecule has 0 aromatic heterocycles. The molecule has 1 aromatic carbocycles. The molecule has 2 nitrogen and oxygen atoms in total. The Kier molecular flexibility index (Phi) is 6.16. The molecule has 0 bridgehead atoms. The topological polar surface area (TPSA) is 29.1 Å². The number of piperidine rings is 1. The maximum Gasteiger partial charge on any atom is 0.419 e. The largest absolute Gasteiger partial charge is 0.419 e. The van der Waals surface area contributed by atoms with Gasteiger partial charge in [-0.25, -0.2) is 4.39 Å². The molecule has 0 aliphatic carbocycles. The third-order valence-corrected chi connectivity index (χ3v) is 3.41. The van der Waals surface area contributed by atoms with Crippen LogP contribution in [0.4, 0.5) is 17.6 Å². The third kappa shape index (κ3) is 4.68. The monoisotopic (exact) mass is 325 g/mol. The lowest BCUT2D eigenvalue weighted by Crippen LogP contribution is -2.41. The molecule has 1 aliphatic heterocycles. The molecule has 21 heavy (non-hydrogen) atoms. The van der Waals surface area contributed by atoms with Gasteiger partial charge in [0, 0.05) is 6.42 Å². The Hall–Kier alpha value is -1.14. The second-order valence-corrected chi connectivity index (χ2v) is 4.96. The first-order valence-corrected chi connectivity index (χ1v) is 6.49. The van der Waals surface area contributed by atoms with E-state index in [9.17, 15) is 22.4 Å². The Bertz CT molecular complexity index is 498. The van der Waals surface area contributed by atoms with E-state index in [1.54, 1.807) is 0 Å². The van der Waals surface area contributed by atoms with Gasteiger partial charge in [-0.05, 0) is 37.1 Å². The summed E-state index contributed by atoms with van der Waals surface area (Å²) in [6, 6.07) is 2.41. The number of rotatable bonds is 3. The quantitative estimate of drug-likeness (QED) is 0.862. The zero-order chi connectivity index (χ0) is 14.8. The van der Waals surface area contributed by atoms with Gasteiger partial charge >= 0.3 is 6.18 Å². The molecular weight excluding hydrogens is 310 g/mol. The summed E-state index contributed by atoms with van der Waals surface area (Å²) >= 11 is 0. The van der Waals surface area contributed by atoms with Crippen molar-refractivity contribution < 1.29 is 22.4 Å². The molecule has 1 aliphatic rings. The van der Waals surface area contributed by atoms with Crippen molar-refractivity contribution >= 4 is 18.2 Å². The first kappa shape index (κ1) is 17.9. The van der Waals surface area contributed by atoms with Crippen LogP contribution in [-0.4, -0.2) is 18.4 Å². The number of carbonyl (C=O) groups is 1. The summed E-state index contributed by atoms with van der Waals surface area (Å²) in [5, 5.41) is 3.05. The van der Waals surface area contributed by atoms with Crippen LogP contribution in [0, 0.1) is 5.82 Å². The van der Waals surface area contributed by atoms with Gasteiger partial charge in [0.25, 0.3) is 0 Å². The fourth-order valence-electron chi connectivity index (χ4n) is 2.35. The molecule has 0 unspecified atom stereocenters. The number of hydrogen-bond acceptors (Lipinski definition) is 2. The van der Waals surface area contributed by atoms with Crippen LogP contribution >= 0.6 is 12.4 Å². The summed E-state index contributed by atoms with van der Waals surface area (Å²) in [5.41, 5.74) is -1.13. The molecule has 0 saturated carbocycles. The van der Waals surface area contributed by atoms with E-state index in [0.29, 0.717) is 6.42 Å². The smallest absolute Gasteiger partial charge is 0.307 e. The second kappa shape index (κ2) is 7.22. The van der Waals surface area contributed by atoms with Crippen molar-refractivity contribution in [3.05, 3.63) is 35.1 Å². The molecule has 1 atom stereocenters. The number of alkyl halides is 3. The lowest BCUT2D eigenvalue weighted by atomic mass is 9.96. The van der Waals surface area contributed by atoms with Crippen LogP contribution in [0.5, 0.6) is 0 Å².